The Bertz CT molecular complexity index is 5070. The highest BCUT2D eigenvalue weighted by molar-refractivity contribution is 7.62. The number of aliphatic hydroxyl groups excluding tert-OH is 4. The van der Waals surface area contributed by atoms with Gasteiger partial charge in [0.2, 0.25) is 23.4 Å². The van der Waals surface area contributed by atoms with E-state index in [1.165, 1.54) is 27.7 Å². The summed E-state index contributed by atoms with van der Waals surface area (Å²) in [5.41, 5.74) is -7.89. The summed E-state index contributed by atoms with van der Waals surface area (Å²) in [6, 6.07) is 0. The number of hydrogen-bond acceptors (Lipinski definition) is 32. The second kappa shape index (κ2) is 33.2. The molecule has 4 fully saturated rings. The smallest absolute Gasteiger partial charge is 0.388 e. The molecule has 8 heterocycles. The van der Waals surface area contributed by atoms with Crippen LogP contribution in [0.1, 0.15) is 81.0 Å². The Kier molecular flexibility index (Phi) is 25.6. The largest absolute Gasteiger partial charge is 0.481 e. The van der Waals surface area contributed by atoms with E-state index < -0.39 is 232 Å². The first kappa shape index (κ1) is 80.2. The lowest BCUT2D eigenvalue weighted by Crippen LogP contribution is -2.36. The van der Waals surface area contributed by atoms with Gasteiger partial charge in [-0.25, -0.2) is 73.3 Å². The molecule has 4 aliphatic heterocycles. The molecule has 0 spiro atoms. The number of phosphoric ester groups is 4. The Morgan fingerprint density at radius 3 is 0.933 bits per heavy atom. The number of nitrogens with zero attached hydrogens (tertiary/aromatic N) is 4. The van der Waals surface area contributed by atoms with Crippen LogP contribution >= 0.6 is 62.6 Å². The van der Waals surface area contributed by atoms with Crippen molar-refractivity contribution in [1.29, 1.82) is 0 Å². The molecule has 0 aromatic carbocycles. The van der Waals surface area contributed by atoms with Crippen LogP contribution < -0.4 is 45.0 Å². The zero-order valence-electron chi connectivity index (χ0n) is 57.5. The van der Waals surface area contributed by atoms with Crippen molar-refractivity contribution in [3.63, 3.8) is 0 Å². The number of aromatic nitrogens is 8. The molecule has 0 aliphatic carbocycles. The molecule has 4 saturated heterocycles. The van der Waals surface area contributed by atoms with Gasteiger partial charge in [-0.3, -0.25) is 75.5 Å². The van der Waals surface area contributed by atoms with Gasteiger partial charge in [0.25, 0.3) is 22.2 Å². The van der Waals surface area contributed by atoms with Crippen LogP contribution in [-0.2, 0) is 90.8 Å². The fraction of sp³-hybridized carbons (Fsp3) is 0.600. The molecule has 4 aromatic rings. The number of hydrogen-bond donors (Lipinski definition) is 20. The molecule has 104 heavy (non-hydrogen) atoms. The van der Waals surface area contributed by atoms with Gasteiger partial charge >= 0.3 is 85.3 Å². The topological polar surface area (TPSA) is 790 Å². The van der Waals surface area contributed by atoms with Crippen molar-refractivity contribution in [2.75, 3.05) is 26.3 Å². The Labute approximate surface area is 578 Å². The number of rotatable bonds is 24. The van der Waals surface area contributed by atoms with E-state index in [0.29, 0.717) is 13.7 Å². The molecule has 4 aliphatic rings. The number of phosphoric acid groups is 8. The van der Waals surface area contributed by atoms with Crippen molar-refractivity contribution in [3.05, 3.63) is 130 Å². The van der Waals surface area contributed by atoms with Gasteiger partial charge in [-0.2, -0.15) is 17.2 Å². The average molecular weight is 1690 g/mol. The maximum Gasteiger partial charge on any atom is 0.481 e. The second-order valence-electron chi connectivity index (χ2n) is 21.0. The summed E-state index contributed by atoms with van der Waals surface area (Å²) < 4.78 is 244. The number of ether oxygens (including phenoxy) is 4. The summed E-state index contributed by atoms with van der Waals surface area (Å²) in [4.78, 5) is 205. The Hall–Kier alpha value is -4.84. The SMILES string of the molecule is Cc1cn([C@@H]2O[C@](F)(COP(=O)(O)OP(=O)(O)O)C[C@H]2O)c(=O)[nH]c1=O.[2H]C([2H])(OP(=O)(O)OP(=O)(O)O)[C@]1(F)C[C@@H](O)[C@H](n2cc(C)c(=O)[nH]c2=O)O1.[2H]C([2H])(OP(=O)(O)OP(=O)(O)O)[C@]1(F)C[C@@H](O)[C@]([2H])(n2cc(C)c(=O)[nH]c2=O)O1.[2H][C@@]1(n2cc(C)c(=O)[nH]c2=O)O[C@](F)(COP(=O)(O)OP(=O)(O)O)C[C@H]1O. The minimum absolute atomic E-state index is 0.0269. The quantitative estimate of drug-likeness (QED) is 0.0235. The van der Waals surface area contributed by atoms with Crippen molar-refractivity contribution in [1.82, 2.24) is 38.2 Å². The number of aromatic amines is 4. The summed E-state index contributed by atoms with van der Waals surface area (Å²) in [5.74, 6) is -13.5. The van der Waals surface area contributed by atoms with Crippen molar-refractivity contribution < 1.29 is 196 Å². The van der Waals surface area contributed by atoms with E-state index in [1.807, 2.05) is 15.0 Å². The van der Waals surface area contributed by atoms with Crippen molar-refractivity contribution >= 4 is 62.6 Å². The van der Waals surface area contributed by atoms with E-state index in [9.17, 15) is 118 Å². The van der Waals surface area contributed by atoms with Crippen LogP contribution in [0.15, 0.2) is 63.1 Å². The van der Waals surface area contributed by atoms with E-state index in [4.69, 9.17) is 71.4 Å². The highest BCUT2D eigenvalue weighted by Crippen LogP contribution is 2.62. The molecular formula is C40H60F4N8O44P8. The lowest BCUT2D eigenvalue weighted by molar-refractivity contribution is -0.178. The van der Waals surface area contributed by atoms with Crippen molar-refractivity contribution in [3.8, 4) is 0 Å². The molecule has 8 rings (SSSR count). The van der Waals surface area contributed by atoms with Gasteiger partial charge in [-0.05, 0) is 27.7 Å². The van der Waals surface area contributed by atoms with Gasteiger partial charge in [0, 0.05) is 72.7 Å². The minimum atomic E-state index is -5.91. The van der Waals surface area contributed by atoms with Gasteiger partial charge in [0.05, 0.1) is 8.22 Å². The lowest BCUT2D eigenvalue weighted by atomic mass is 10.2. The number of aryl methyl sites for hydroxylation is 4. The third-order valence-corrected chi connectivity index (χ3v) is 20.5. The van der Waals surface area contributed by atoms with Crippen molar-refractivity contribution in [2.24, 2.45) is 0 Å². The van der Waals surface area contributed by atoms with Crippen molar-refractivity contribution in [2.45, 2.75) is 126 Å². The maximum atomic E-state index is 15.1. The summed E-state index contributed by atoms with van der Waals surface area (Å²) in [6.07, 6.45) is -18.0. The summed E-state index contributed by atoms with van der Waals surface area (Å²) >= 11 is 0. The van der Waals surface area contributed by atoms with E-state index in [1.54, 1.807) is 4.98 Å². The van der Waals surface area contributed by atoms with E-state index in [2.05, 4.69) is 40.1 Å². The predicted molar refractivity (Wildman–Crippen MR) is 318 cm³/mol. The molecule has 52 nitrogen and oxygen atoms in total. The molecule has 20 N–H and O–H groups in total. The third-order valence-electron chi connectivity index (χ3n) is 12.3. The lowest BCUT2D eigenvalue weighted by Gasteiger charge is -2.22. The number of alkyl halides is 4. The first-order valence-corrected chi connectivity index (χ1v) is 38.8. The van der Waals surface area contributed by atoms with Gasteiger partial charge in [-0.15, -0.1) is 0 Å². The fourth-order valence-electron chi connectivity index (χ4n) is 8.18. The molecule has 0 amide bonds. The van der Waals surface area contributed by atoms with Gasteiger partial charge in [-0.1, -0.05) is 0 Å². The highest BCUT2D eigenvalue weighted by atomic mass is 31.3. The summed E-state index contributed by atoms with van der Waals surface area (Å²) in [6.45, 7) is -5.61. The molecule has 0 radical (unpaired) electrons. The highest BCUT2D eigenvalue weighted by Gasteiger charge is 2.54. The number of aliphatic hydroxyl groups is 4. The molecule has 4 unspecified atom stereocenters. The Balaban J connectivity index is 0.000000263. The van der Waals surface area contributed by atoms with Crippen LogP contribution in [0.5, 0.6) is 0 Å². The molecular weight excluding hydrogens is 1620 g/mol. The van der Waals surface area contributed by atoms with E-state index in [0.717, 1.165) is 24.8 Å². The van der Waals surface area contributed by atoms with Crippen LogP contribution in [0.25, 0.3) is 0 Å². The minimum Gasteiger partial charge on any atom is -0.388 e. The monoisotopic (exact) mass is 1690 g/mol. The maximum absolute atomic E-state index is 15.1. The van der Waals surface area contributed by atoms with Crippen LogP contribution in [-0.4, -0.2) is 192 Å². The fourth-order valence-corrected chi connectivity index (χ4v) is 14.3. The number of H-pyrrole nitrogens is 4. The summed E-state index contributed by atoms with van der Waals surface area (Å²) in [7, 11) is -44.6. The Morgan fingerprint density at radius 1 is 0.404 bits per heavy atom. The molecule has 4 aromatic heterocycles. The standard InChI is InChI=1S/4C10H15FN2O11P2/c4*1-5-3-13(9(16)12-7(5)15)8-6(14)2-10(11,23-8)4-22-26(20,21)24-25(17,18)19/h4*3,6,8,14H,2,4H2,1H3,(H,20,21)(H,12,15,16)(H2,17,18,19)/t4*6-,8-,10+/m1111/s1/i4D2,8D;8D;4D2;. The zero-order valence-corrected chi connectivity index (χ0v) is 58.6. The van der Waals surface area contributed by atoms with Crippen LogP contribution in [0, 0.1) is 27.7 Å². The molecule has 592 valence electrons. The van der Waals surface area contributed by atoms with Gasteiger partial charge in [0.1, 0.15) is 50.7 Å². The van der Waals surface area contributed by atoms with Crippen LogP contribution in [0.3, 0.4) is 0 Å². The van der Waals surface area contributed by atoms with Crippen LogP contribution in [0.4, 0.5) is 17.6 Å². The van der Waals surface area contributed by atoms with Gasteiger partial charge < -0.3 is 98.1 Å². The predicted octanol–water partition coefficient (Wildman–Crippen LogP) is -3.93. The molecule has 0 bridgehead atoms. The first-order chi connectivity index (χ1) is 49.1. The average Bonchev–Trinajstić information content (AvgIpc) is 1.58. The van der Waals surface area contributed by atoms with E-state index >= 15 is 4.39 Å². The second-order valence-corrected chi connectivity index (χ2v) is 32.2. The number of nitrogens with one attached hydrogen (secondary N) is 4. The van der Waals surface area contributed by atoms with Gasteiger partial charge in [0.15, 0.2) is 24.9 Å². The zero-order chi connectivity index (χ0) is 85.1. The summed E-state index contributed by atoms with van der Waals surface area (Å²) in [5, 5.41) is 40.0. The molecule has 64 heteroatoms. The van der Waals surface area contributed by atoms with E-state index in [-0.39, 0.29) is 26.8 Å². The first-order valence-electron chi connectivity index (χ1n) is 29.7. The molecule has 16 atom stereocenters. The Morgan fingerprint density at radius 2 is 0.625 bits per heavy atom. The molecule has 0 saturated carbocycles. The normalized spacial score (nSPS) is 31.4. The third kappa shape index (κ3) is 26.8. The number of halogens is 4. The van der Waals surface area contributed by atoms with Crippen LogP contribution in [0.2, 0.25) is 0 Å².